The van der Waals surface area contributed by atoms with Gasteiger partial charge in [0.2, 0.25) is 5.91 Å². The molecule has 1 aliphatic carbocycles. The Kier molecular flexibility index (Phi) is 8.15. The fourth-order valence-corrected chi connectivity index (χ4v) is 7.97. The molecule has 2 aromatic rings. The number of hydrogen-bond donors (Lipinski definition) is 1. The van der Waals surface area contributed by atoms with Crippen LogP contribution < -0.4 is 4.90 Å². The predicted molar refractivity (Wildman–Crippen MR) is 170 cm³/mol. The summed E-state index contributed by atoms with van der Waals surface area (Å²) in [6.45, 7) is 22.2. The highest BCUT2D eigenvalue weighted by Gasteiger charge is 2.60. The monoisotopic (exact) mass is 593 g/mol. The average Bonchev–Trinajstić information content (AvgIpc) is 3.07. The van der Waals surface area contributed by atoms with E-state index in [0.717, 1.165) is 16.8 Å². The molecule has 41 heavy (non-hydrogen) atoms. The molecular weight excluding hydrogens is 547 g/mol. The van der Waals surface area contributed by atoms with Crippen LogP contribution in [0.3, 0.4) is 0 Å². The minimum atomic E-state index is -2.33. The first-order valence-corrected chi connectivity index (χ1v) is 20.4. The Hall–Kier alpha value is -2.53. The van der Waals surface area contributed by atoms with Crippen molar-refractivity contribution in [2.24, 2.45) is 0 Å². The van der Waals surface area contributed by atoms with Crippen LogP contribution in [-0.2, 0) is 30.4 Å². The molecule has 1 amide bonds. The van der Waals surface area contributed by atoms with Gasteiger partial charge in [0.05, 0.1) is 24.3 Å². The molecule has 0 unspecified atom stereocenters. The lowest BCUT2D eigenvalue weighted by Gasteiger charge is -2.48. The molecule has 0 aromatic heterocycles. The number of carboxylic acid groups (broad SMARTS) is 1. The highest BCUT2D eigenvalue weighted by Crippen LogP contribution is 2.54. The molecule has 222 valence electrons. The number of anilines is 1. The molecule has 2 aromatic carbocycles. The first-order chi connectivity index (χ1) is 18.8. The molecule has 1 aliphatic heterocycles. The molecule has 0 radical (unpaired) electrons. The Morgan fingerprint density at radius 1 is 0.902 bits per heavy atom. The van der Waals surface area contributed by atoms with Crippen LogP contribution in [-0.4, -0.2) is 45.8 Å². The van der Waals surface area contributed by atoms with Gasteiger partial charge in [0, 0.05) is 5.69 Å². The lowest BCUT2D eigenvalue weighted by atomic mass is 9.67. The van der Waals surface area contributed by atoms with E-state index >= 15 is 0 Å². The van der Waals surface area contributed by atoms with Crippen molar-refractivity contribution in [3.05, 3.63) is 77.4 Å². The van der Waals surface area contributed by atoms with Crippen molar-refractivity contribution in [2.45, 2.75) is 108 Å². The predicted octanol–water partition coefficient (Wildman–Crippen LogP) is 7.67. The Bertz CT molecular complexity index is 1340. The van der Waals surface area contributed by atoms with Gasteiger partial charge in [-0.25, -0.2) is 4.79 Å². The highest BCUT2D eigenvalue weighted by molar-refractivity contribution is 6.74. The number of para-hydroxylation sites is 1. The maximum Gasteiger partial charge on any atom is 0.332 e. The van der Waals surface area contributed by atoms with Gasteiger partial charge in [-0.2, -0.15) is 0 Å². The second kappa shape index (κ2) is 10.6. The Labute approximate surface area is 248 Å². The summed E-state index contributed by atoms with van der Waals surface area (Å²) >= 11 is 0. The molecule has 1 heterocycles. The van der Waals surface area contributed by atoms with Crippen LogP contribution in [0.25, 0.3) is 0 Å². The molecule has 0 bridgehead atoms. The van der Waals surface area contributed by atoms with E-state index in [1.807, 2.05) is 54.6 Å². The van der Waals surface area contributed by atoms with Crippen molar-refractivity contribution in [3.8, 4) is 0 Å². The Balaban J connectivity index is 1.90. The second-order valence-electron chi connectivity index (χ2n) is 14.6. The average molecular weight is 594 g/mol. The standard InChI is InChI=1S/C33H47NO5Si2/c1-31(2,3)40(7,8)38-27-20-25(29(35)36)33(21-28(27)39-41(9,10)32(4,5)6)24-18-14-15-19-26(24)34(30(33)37)22-23-16-12-11-13-17-23/h11-20,27-28H,21-22H2,1-10H3,(H,35,36)/t27-,28-,33-/m1/s1. The van der Waals surface area contributed by atoms with Crippen LogP contribution in [0.5, 0.6) is 0 Å². The second-order valence-corrected chi connectivity index (χ2v) is 24.2. The first kappa shape index (κ1) is 31.4. The highest BCUT2D eigenvalue weighted by atomic mass is 28.4. The minimum Gasteiger partial charge on any atom is -0.478 e. The Morgan fingerprint density at radius 2 is 1.44 bits per heavy atom. The van der Waals surface area contributed by atoms with E-state index in [-0.39, 0.29) is 28.0 Å². The van der Waals surface area contributed by atoms with Crippen LogP contribution in [0, 0.1) is 0 Å². The van der Waals surface area contributed by atoms with Crippen molar-refractivity contribution >= 4 is 34.2 Å². The van der Waals surface area contributed by atoms with Gasteiger partial charge < -0.3 is 18.9 Å². The van der Waals surface area contributed by atoms with Gasteiger partial charge in [0.15, 0.2) is 16.6 Å². The quantitative estimate of drug-likeness (QED) is 0.334. The number of benzene rings is 2. The van der Waals surface area contributed by atoms with Crippen molar-refractivity contribution < 1.29 is 23.5 Å². The van der Waals surface area contributed by atoms with Crippen LogP contribution in [0.4, 0.5) is 5.69 Å². The SMILES string of the molecule is CC(C)(C)[Si](C)(C)O[C@@H]1C=C(C(=O)O)[C@]2(C[C@H]1O[Si](C)(C)C(C)(C)C)C(=O)N(Cc1ccccc1)c1ccccc12. The van der Waals surface area contributed by atoms with Gasteiger partial charge in [-0.15, -0.1) is 0 Å². The zero-order valence-corrected chi connectivity index (χ0v) is 28.4. The third-order valence-electron chi connectivity index (χ3n) is 9.83. The topological polar surface area (TPSA) is 76.1 Å². The van der Waals surface area contributed by atoms with Crippen molar-refractivity contribution in [2.75, 3.05) is 4.90 Å². The van der Waals surface area contributed by atoms with Gasteiger partial charge in [0.1, 0.15) is 5.41 Å². The van der Waals surface area contributed by atoms with E-state index in [1.165, 1.54) is 0 Å². The summed E-state index contributed by atoms with van der Waals surface area (Å²) in [5, 5.41) is 10.5. The van der Waals surface area contributed by atoms with Gasteiger partial charge in [-0.3, -0.25) is 4.79 Å². The molecular formula is C33H47NO5Si2. The summed E-state index contributed by atoms with van der Waals surface area (Å²) in [5.74, 6) is -1.31. The summed E-state index contributed by atoms with van der Waals surface area (Å²) in [4.78, 5) is 29.5. The van der Waals surface area contributed by atoms with Crippen LogP contribution >= 0.6 is 0 Å². The van der Waals surface area contributed by atoms with Crippen molar-refractivity contribution in [1.82, 2.24) is 0 Å². The number of carbonyl (C=O) groups is 2. The number of nitrogens with zero attached hydrogens (tertiary/aromatic N) is 1. The third kappa shape index (κ3) is 5.64. The molecule has 1 spiro atoms. The normalized spacial score (nSPS) is 23.5. The number of carbonyl (C=O) groups excluding carboxylic acids is 1. The molecule has 3 atom stereocenters. The van der Waals surface area contributed by atoms with E-state index in [2.05, 4.69) is 67.7 Å². The zero-order valence-electron chi connectivity index (χ0n) is 26.4. The summed E-state index contributed by atoms with van der Waals surface area (Å²) in [6, 6.07) is 17.5. The molecule has 1 N–H and O–H groups in total. The molecule has 0 saturated heterocycles. The van der Waals surface area contributed by atoms with Gasteiger partial charge in [-0.1, -0.05) is 90.1 Å². The summed E-state index contributed by atoms with van der Waals surface area (Å²) < 4.78 is 14.0. The maximum absolute atomic E-state index is 14.7. The van der Waals surface area contributed by atoms with E-state index in [0.29, 0.717) is 6.54 Å². The van der Waals surface area contributed by atoms with Crippen LogP contribution in [0.15, 0.2) is 66.2 Å². The molecule has 0 saturated carbocycles. The van der Waals surface area contributed by atoms with Gasteiger partial charge >= 0.3 is 5.97 Å². The van der Waals surface area contributed by atoms with Crippen molar-refractivity contribution in [1.29, 1.82) is 0 Å². The van der Waals surface area contributed by atoms with Gasteiger partial charge in [-0.05, 0) is 66.0 Å². The fourth-order valence-electron chi connectivity index (χ4n) is 5.39. The minimum absolute atomic E-state index is 0.0740. The van der Waals surface area contributed by atoms with Crippen LogP contribution in [0.1, 0.15) is 59.1 Å². The molecule has 6 nitrogen and oxygen atoms in total. The molecule has 2 aliphatic rings. The maximum atomic E-state index is 14.7. The number of amides is 1. The van der Waals surface area contributed by atoms with Crippen LogP contribution in [0.2, 0.25) is 36.3 Å². The number of hydrogen-bond acceptors (Lipinski definition) is 4. The van der Waals surface area contributed by atoms with Crippen molar-refractivity contribution in [3.63, 3.8) is 0 Å². The molecule has 8 heteroatoms. The number of rotatable bonds is 7. The van der Waals surface area contributed by atoms with E-state index in [4.69, 9.17) is 8.85 Å². The first-order valence-electron chi connectivity index (χ1n) is 14.6. The summed E-state index contributed by atoms with van der Waals surface area (Å²) in [7, 11) is -4.65. The summed E-state index contributed by atoms with van der Waals surface area (Å²) in [5.41, 5.74) is 1.19. The van der Waals surface area contributed by atoms with Gasteiger partial charge in [0.25, 0.3) is 0 Å². The summed E-state index contributed by atoms with van der Waals surface area (Å²) in [6.07, 6.45) is 0.898. The van der Waals surface area contributed by atoms with E-state index in [9.17, 15) is 14.7 Å². The molecule has 4 rings (SSSR count). The Morgan fingerprint density at radius 3 is 2.00 bits per heavy atom. The lowest BCUT2D eigenvalue weighted by molar-refractivity contribution is -0.137. The third-order valence-corrected chi connectivity index (χ3v) is 18.8. The fraction of sp³-hybridized carbons (Fsp3) is 0.515. The largest absolute Gasteiger partial charge is 0.478 e. The number of fused-ring (bicyclic) bond motifs is 2. The number of carboxylic acids is 1. The van der Waals surface area contributed by atoms with E-state index < -0.39 is 40.2 Å². The smallest absolute Gasteiger partial charge is 0.332 e. The van der Waals surface area contributed by atoms with E-state index in [1.54, 1.807) is 11.0 Å². The molecule has 0 fully saturated rings. The lowest BCUT2D eigenvalue weighted by Crippen LogP contribution is -2.57. The zero-order chi connectivity index (χ0) is 30.6. The number of aliphatic carboxylic acids is 1.